The van der Waals surface area contributed by atoms with Gasteiger partial charge in [-0.05, 0) is 102 Å². The van der Waals surface area contributed by atoms with Crippen LogP contribution in [0.3, 0.4) is 0 Å². The number of para-hydroxylation sites is 2. The molecule has 1 aliphatic rings. The van der Waals surface area contributed by atoms with E-state index in [0.29, 0.717) is 0 Å². The molecule has 0 unspecified atom stereocenters. The Balaban J connectivity index is 1.01. The third-order valence-corrected chi connectivity index (χ3v) is 9.75. The zero-order chi connectivity index (χ0) is 30.9. The molecule has 218 valence electrons. The summed E-state index contributed by atoms with van der Waals surface area (Å²) in [5, 5.41) is 5.16. The molecular weight excluding hydrogens is 569 g/mol. The van der Waals surface area contributed by atoms with Crippen molar-refractivity contribution in [1.29, 1.82) is 0 Å². The maximum Gasteiger partial charge on any atom is 0.145 e. The molecule has 2 nitrogen and oxygen atoms in total. The first kappa shape index (κ1) is 26.0. The van der Waals surface area contributed by atoms with Gasteiger partial charge in [-0.1, -0.05) is 133 Å². The van der Waals surface area contributed by atoms with Crippen LogP contribution in [0, 0.1) is 0 Å². The van der Waals surface area contributed by atoms with Crippen molar-refractivity contribution in [3.05, 3.63) is 170 Å². The normalized spacial score (nSPS) is 11.8. The lowest BCUT2D eigenvalue weighted by molar-refractivity contribution is 1.10. The summed E-state index contributed by atoms with van der Waals surface area (Å²) in [6.07, 6.45) is 0. The van der Waals surface area contributed by atoms with E-state index in [1.165, 1.54) is 66.1 Å². The zero-order valence-electron chi connectivity index (χ0n) is 25.6. The highest BCUT2D eigenvalue weighted by Gasteiger charge is 2.22. The lowest BCUT2D eigenvalue weighted by atomic mass is 9.92. The van der Waals surface area contributed by atoms with Gasteiger partial charge in [0, 0.05) is 11.3 Å². The molecule has 10 rings (SSSR count). The lowest BCUT2D eigenvalue weighted by Crippen LogP contribution is -1.97. The van der Waals surface area contributed by atoms with Crippen molar-refractivity contribution in [2.75, 3.05) is 0 Å². The van der Waals surface area contributed by atoms with Gasteiger partial charge in [-0.3, -0.25) is 4.57 Å². The second-order valence-corrected chi connectivity index (χ2v) is 12.4. The highest BCUT2D eigenvalue weighted by Crippen LogP contribution is 2.49. The van der Waals surface area contributed by atoms with Crippen LogP contribution in [-0.4, -0.2) is 9.55 Å². The summed E-state index contributed by atoms with van der Waals surface area (Å²) >= 11 is 0. The van der Waals surface area contributed by atoms with Gasteiger partial charge in [0.05, 0.1) is 11.0 Å². The van der Waals surface area contributed by atoms with Gasteiger partial charge in [-0.15, -0.1) is 0 Å². The fourth-order valence-corrected chi connectivity index (χ4v) is 7.52. The fraction of sp³-hybridized carbons (Fsp3) is 0. The van der Waals surface area contributed by atoms with Crippen LogP contribution in [0.1, 0.15) is 0 Å². The van der Waals surface area contributed by atoms with E-state index in [0.717, 1.165) is 28.1 Å². The standard InChI is InChI=1S/C45H28N2/c1-2-9-30(10-3-1)45-46-42-15-6-7-16-43(42)47(45)35-23-21-29(22-24-35)31-17-18-33-28-34(20-19-32(33)27-31)36-25-26-41-38-12-5-4-11-37(38)40-14-8-13-39(36)44(40)41/h1-28H. The Bertz CT molecular complexity index is 2630. The van der Waals surface area contributed by atoms with E-state index < -0.39 is 0 Å². The predicted molar refractivity (Wildman–Crippen MR) is 197 cm³/mol. The Hall–Kier alpha value is -6.25. The average Bonchev–Trinajstić information content (AvgIpc) is 3.69. The van der Waals surface area contributed by atoms with E-state index in [4.69, 9.17) is 4.98 Å². The van der Waals surface area contributed by atoms with Crippen LogP contribution < -0.4 is 0 Å². The summed E-state index contributed by atoms with van der Waals surface area (Å²) < 4.78 is 2.26. The van der Waals surface area contributed by atoms with Crippen molar-refractivity contribution < 1.29 is 0 Å². The van der Waals surface area contributed by atoms with Gasteiger partial charge >= 0.3 is 0 Å². The van der Waals surface area contributed by atoms with Gasteiger partial charge in [0.2, 0.25) is 0 Å². The van der Waals surface area contributed by atoms with Crippen LogP contribution in [0.2, 0.25) is 0 Å². The fourth-order valence-electron chi connectivity index (χ4n) is 7.52. The van der Waals surface area contributed by atoms with E-state index in [1.54, 1.807) is 0 Å². The Labute approximate surface area is 272 Å². The van der Waals surface area contributed by atoms with Crippen molar-refractivity contribution in [3.8, 4) is 61.6 Å². The molecule has 9 aromatic rings. The molecule has 0 atom stereocenters. The van der Waals surface area contributed by atoms with Crippen molar-refractivity contribution in [3.63, 3.8) is 0 Å². The van der Waals surface area contributed by atoms with Crippen LogP contribution in [0.5, 0.6) is 0 Å². The van der Waals surface area contributed by atoms with E-state index in [9.17, 15) is 0 Å². The quantitative estimate of drug-likeness (QED) is 0.198. The van der Waals surface area contributed by atoms with Gasteiger partial charge in [-0.25, -0.2) is 4.98 Å². The van der Waals surface area contributed by atoms with E-state index in [2.05, 4.69) is 162 Å². The molecule has 0 spiro atoms. The summed E-state index contributed by atoms with van der Waals surface area (Å²) in [6.45, 7) is 0. The second-order valence-electron chi connectivity index (χ2n) is 12.4. The summed E-state index contributed by atoms with van der Waals surface area (Å²) in [5.74, 6) is 0.950. The first-order valence-electron chi connectivity index (χ1n) is 16.1. The topological polar surface area (TPSA) is 17.8 Å². The minimum Gasteiger partial charge on any atom is -0.292 e. The van der Waals surface area contributed by atoms with Crippen molar-refractivity contribution in [2.24, 2.45) is 0 Å². The third-order valence-electron chi connectivity index (χ3n) is 9.75. The molecule has 1 heterocycles. The van der Waals surface area contributed by atoms with E-state index >= 15 is 0 Å². The lowest BCUT2D eigenvalue weighted by Gasteiger charge is -2.12. The monoisotopic (exact) mass is 596 g/mol. The average molecular weight is 597 g/mol. The molecule has 0 saturated heterocycles. The van der Waals surface area contributed by atoms with Gasteiger partial charge < -0.3 is 0 Å². The first-order chi connectivity index (χ1) is 23.3. The number of aromatic nitrogens is 2. The number of hydrogen-bond donors (Lipinski definition) is 0. The van der Waals surface area contributed by atoms with Crippen LogP contribution in [0.15, 0.2) is 170 Å². The Morgan fingerprint density at radius 1 is 0.383 bits per heavy atom. The predicted octanol–water partition coefficient (Wildman–Crippen LogP) is 12.0. The molecule has 0 bridgehead atoms. The Kier molecular flexibility index (Phi) is 5.61. The molecule has 47 heavy (non-hydrogen) atoms. The summed E-state index contributed by atoms with van der Waals surface area (Å²) in [7, 11) is 0. The summed E-state index contributed by atoms with van der Waals surface area (Å²) in [5.41, 5.74) is 14.6. The van der Waals surface area contributed by atoms with Crippen LogP contribution in [0.4, 0.5) is 0 Å². The Morgan fingerprint density at radius 2 is 1.00 bits per heavy atom. The van der Waals surface area contributed by atoms with E-state index in [1.807, 2.05) is 12.1 Å². The number of benzene rings is 8. The number of rotatable bonds is 4. The highest BCUT2D eigenvalue weighted by molar-refractivity contribution is 6.18. The van der Waals surface area contributed by atoms with Gasteiger partial charge in [0.1, 0.15) is 5.82 Å². The molecular formula is C45H28N2. The molecule has 0 radical (unpaired) electrons. The number of fused-ring (bicyclic) bond motifs is 5. The molecule has 0 N–H and O–H groups in total. The van der Waals surface area contributed by atoms with Gasteiger partial charge in [0.15, 0.2) is 0 Å². The molecule has 8 aromatic carbocycles. The van der Waals surface area contributed by atoms with Crippen LogP contribution in [-0.2, 0) is 0 Å². The molecule has 0 amide bonds. The van der Waals surface area contributed by atoms with Crippen molar-refractivity contribution in [2.45, 2.75) is 0 Å². The second kappa shape index (κ2) is 10.1. The van der Waals surface area contributed by atoms with Crippen molar-refractivity contribution >= 4 is 32.6 Å². The minimum atomic E-state index is 0.950. The molecule has 0 saturated carbocycles. The van der Waals surface area contributed by atoms with E-state index in [-0.39, 0.29) is 0 Å². The van der Waals surface area contributed by atoms with Gasteiger partial charge in [0.25, 0.3) is 0 Å². The maximum absolute atomic E-state index is 5.00. The molecule has 0 fully saturated rings. The highest BCUT2D eigenvalue weighted by atomic mass is 15.1. The minimum absolute atomic E-state index is 0.950. The molecule has 1 aliphatic carbocycles. The number of hydrogen-bond acceptors (Lipinski definition) is 1. The van der Waals surface area contributed by atoms with Crippen LogP contribution in [0.25, 0.3) is 94.2 Å². The number of imidazole rings is 1. The van der Waals surface area contributed by atoms with Crippen LogP contribution >= 0.6 is 0 Å². The number of nitrogens with zero attached hydrogens (tertiary/aromatic N) is 2. The van der Waals surface area contributed by atoms with Gasteiger partial charge in [-0.2, -0.15) is 0 Å². The molecule has 2 heteroatoms. The first-order valence-corrected chi connectivity index (χ1v) is 16.1. The van der Waals surface area contributed by atoms with Crippen molar-refractivity contribution in [1.82, 2.24) is 9.55 Å². The third kappa shape index (κ3) is 4.02. The summed E-state index contributed by atoms with van der Waals surface area (Å²) in [6, 6.07) is 61.4. The maximum atomic E-state index is 5.00. The largest absolute Gasteiger partial charge is 0.292 e. The SMILES string of the molecule is c1ccc(-c2nc3ccccc3n2-c2ccc(-c3ccc4cc(-c5ccc6c7c(cccc57)-c5ccccc5-6)ccc4c3)cc2)cc1. The summed E-state index contributed by atoms with van der Waals surface area (Å²) in [4.78, 5) is 5.00. The molecule has 0 aliphatic heterocycles. The zero-order valence-corrected chi connectivity index (χ0v) is 25.6. The smallest absolute Gasteiger partial charge is 0.145 e. The Morgan fingerprint density at radius 3 is 1.81 bits per heavy atom. The molecule has 1 aromatic heterocycles.